The fourth-order valence-corrected chi connectivity index (χ4v) is 2.00. The zero-order valence-corrected chi connectivity index (χ0v) is 12.1. The lowest BCUT2D eigenvalue weighted by Crippen LogP contribution is -2.48. The number of carbonyl (C=O) groups is 2. The van der Waals surface area contributed by atoms with Crippen LogP contribution in [0.4, 0.5) is 0 Å². The monoisotopic (exact) mass is 271 g/mol. The first-order valence-corrected chi connectivity index (χ1v) is 6.88. The van der Waals surface area contributed by atoms with Crippen molar-refractivity contribution in [3.8, 4) is 0 Å². The minimum absolute atomic E-state index is 0.331. The molecule has 0 bridgehead atoms. The topological polar surface area (TPSA) is 70.7 Å². The summed E-state index contributed by atoms with van der Waals surface area (Å²) >= 11 is 0. The molecule has 0 aromatic heterocycles. The molecule has 1 heterocycles. The largest absolute Gasteiger partial charge is 0.374 e. The van der Waals surface area contributed by atoms with Crippen LogP contribution in [0.1, 0.15) is 27.2 Å². The Kier molecular flexibility index (Phi) is 6.24. The Balaban J connectivity index is 2.41. The molecule has 0 atom stereocenters. The van der Waals surface area contributed by atoms with Crippen molar-refractivity contribution < 1.29 is 14.3 Å². The molecule has 19 heavy (non-hydrogen) atoms. The van der Waals surface area contributed by atoms with Crippen LogP contribution in [0, 0.1) is 0 Å². The summed E-state index contributed by atoms with van der Waals surface area (Å²) in [5, 5.41) is 5.85. The van der Waals surface area contributed by atoms with Gasteiger partial charge in [0.2, 0.25) is 0 Å². The van der Waals surface area contributed by atoms with E-state index in [2.05, 4.69) is 10.6 Å². The summed E-state index contributed by atoms with van der Waals surface area (Å²) in [6, 6.07) is 0. The van der Waals surface area contributed by atoms with E-state index >= 15 is 0 Å². The highest BCUT2D eigenvalue weighted by Gasteiger charge is 2.25. The van der Waals surface area contributed by atoms with Crippen molar-refractivity contribution in [2.24, 2.45) is 0 Å². The third-order valence-electron chi connectivity index (χ3n) is 3.03. The van der Waals surface area contributed by atoms with Gasteiger partial charge in [0.15, 0.2) is 0 Å². The molecule has 0 spiro atoms. The van der Waals surface area contributed by atoms with Crippen LogP contribution < -0.4 is 10.6 Å². The van der Waals surface area contributed by atoms with Crippen LogP contribution in [-0.4, -0.2) is 61.6 Å². The molecule has 2 N–H and O–H groups in total. The summed E-state index contributed by atoms with van der Waals surface area (Å²) in [6.45, 7) is 9.43. The third kappa shape index (κ3) is 5.57. The van der Waals surface area contributed by atoms with Crippen molar-refractivity contribution in [2.45, 2.75) is 32.8 Å². The van der Waals surface area contributed by atoms with Crippen molar-refractivity contribution in [3.05, 3.63) is 0 Å². The normalized spacial score (nSPS) is 16.9. The van der Waals surface area contributed by atoms with Gasteiger partial charge in [-0.2, -0.15) is 0 Å². The highest BCUT2D eigenvalue weighted by molar-refractivity contribution is 6.35. The lowest BCUT2D eigenvalue weighted by molar-refractivity contribution is -0.146. The van der Waals surface area contributed by atoms with E-state index in [0.717, 1.165) is 19.5 Å². The summed E-state index contributed by atoms with van der Waals surface area (Å²) in [4.78, 5) is 25.4. The summed E-state index contributed by atoms with van der Waals surface area (Å²) in [5.41, 5.74) is -0.453. The Morgan fingerprint density at radius 2 is 2.05 bits per heavy atom. The zero-order chi connectivity index (χ0) is 14.3. The summed E-state index contributed by atoms with van der Waals surface area (Å²) in [6.07, 6.45) is 0.878. The molecular weight excluding hydrogens is 246 g/mol. The molecule has 1 fully saturated rings. The minimum atomic E-state index is -0.547. The van der Waals surface area contributed by atoms with Crippen LogP contribution >= 0.6 is 0 Å². The number of carbonyl (C=O) groups excluding carboxylic acids is 2. The van der Waals surface area contributed by atoms with Crippen LogP contribution in [-0.2, 0) is 14.3 Å². The average molecular weight is 271 g/mol. The van der Waals surface area contributed by atoms with Gasteiger partial charge in [0.05, 0.1) is 5.60 Å². The van der Waals surface area contributed by atoms with Gasteiger partial charge in [-0.25, -0.2) is 0 Å². The Morgan fingerprint density at radius 1 is 1.32 bits per heavy atom. The molecule has 0 saturated carbocycles. The second-order valence-electron chi connectivity index (χ2n) is 5.27. The van der Waals surface area contributed by atoms with E-state index in [4.69, 9.17) is 4.74 Å². The molecule has 1 saturated heterocycles. The van der Waals surface area contributed by atoms with E-state index in [1.54, 1.807) is 4.90 Å². The number of ether oxygens (including phenoxy) is 1. The Morgan fingerprint density at radius 3 is 2.74 bits per heavy atom. The molecule has 0 aliphatic carbocycles. The summed E-state index contributed by atoms with van der Waals surface area (Å²) < 4.78 is 5.48. The first kappa shape index (κ1) is 15.9. The van der Waals surface area contributed by atoms with E-state index in [1.165, 1.54) is 0 Å². The van der Waals surface area contributed by atoms with Crippen LogP contribution in [0.5, 0.6) is 0 Å². The molecule has 1 rings (SSSR count). The third-order valence-corrected chi connectivity index (χ3v) is 3.03. The van der Waals surface area contributed by atoms with Gasteiger partial charge in [-0.3, -0.25) is 9.59 Å². The SMILES string of the molecule is CCOC(C)(C)CNC(=O)C(=O)N1CCCNCC1. The standard InChI is InChI=1S/C13H25N3O3/c1-4-19-13(2,3)10-15-11(17)12(18)16-8-5-6-14-7-9-16/h14H,4-10H2,1-3H3,(H,15,17). The van der Waals surface area contributed by atoms with E-state index in [-0.39, 0.29) is 0 Å². The number of rotatable bonds is 4. The smallest absolute Gasteiger partial charge is 0.311 e. The number of amides is 2. The van der Waals surface area contributed by atoms with Crippen molar-refractivity contribution in [2.75, 3.05) is 39.3 Å². The van der Waals surface area contributed by atoms with Crippen LogP contribution in [0.25, 0.3) is 0 Å². The van der Waals surface area contributed by atoms with E-state index in [1.807, 2.05) is 20.8 Å². The molecular formula is C13H25N3O3. The molecule has 0 aromatic carbocycles. The number of hydrogen-bond acceptors (Lipinski definition) is 4. The van der Waals surface area contributed by atoms with Gasteiger partial charge < -0.3 is 20.3 Å². The second kappa shape index (κ2) is 7.45. The van der Waals surface area contributed by atoms with Gasteiger partial charge in [-0.1, -0.05) is 0 Å². The maximum absolute atomic E-state index is 12.0. The number of nitrogens with zero attached hydrogens (tertiary/aromatic N) is 1. The van der Waals surface area contributed by atoms with Gasteiger partial charge in [0, 0.05) is 32.8 Å². The van der Waals surface area contributed by atoms with Gasteiger partial charge in [0.1, 0.15) is 0 Å². The van der Waals surface area contributed by atoms with E-state index in [0.29, 0.717) is 26.2 Å². The van der Waals surface area contributed by atoms with E-state index < -0.39 is 17.4 Å². The highest BCUT2D eigenvalue weighted by Crippen LogP contribution is 2.06. The fraction of sp³-hybridized carbons (Fsp3) is 0.846. The predicted molar refractivity (Wildman–Crippen MR) is 72.8 cm³/mol. The van der Waals surface area contributed by atoms with Gasteiger partial charge in [0.25, 0.3) is 0 Å². The molecule has 0 aromatic rings. The minimum Gasteiger partial charge on any atom is -0.374 e. The molecule has 0 radical (unpaired) electrons. The molecule has 2 amide bonds. The number of nitrogens with one attached hydrogen (secondary N) is 2. The summed E-state index contributed by atoms with van der Waals surface area (Å²) in [7, 11) is 0. The van der Waals surface area contributed by atoms with Crippen molar-refractivity contribution >= 4 is 11.8 Å². The average Bonchev–Trinajstić information content (AvgIpc) is 2.64. The lowest BCUT2D eigenvalue weighted by atomic mass is 10.1. The Bertz CT molecular complexity index is 310. The number of hydrogen-bond donors (Lipinski definition) is 2. The molecule has 0 unspecified atom stereocenters. The molecule has 1 aliphatic heterocycles. The first-order chi connectivity index (χ1) is 8.96. The van der Waals surface area contributed by atoms with Gasteiger partial charge in [-0.15, -0.1) is 0 Å². The zero-order valence-electron chi connectivity index (χ0n) is 12.1. The first-order valence-electron chi connectivity index (χ1n) is 6.88. The summed E-state index contributed by atoms with van der Waals surface area (Å²) in [5.74, 6) is -0.995. The fourth-order valence-electron chi connectivity index (χ4n) is 2.00. The molecule has 110 valence electrons. The Labute approximate surface area is 114 Å². The van der Waals surface area contributed by atoms with Gasteiger partial charge in [-0.05, 0) is 33.7 Å². The highest BCUT2D eigenvalue weighted by atomic mass is 16.5. The van der Waals surface area contributed by atoms with Crippen molar-refractivity contribution in [1.29, 1.82) is 0 Å². The maximum Gasteiger partial charge on any atom is 0.311 e. The van der Waals surface area contributed by atoms with Crippen LogP contribution in [0.2, 0.25) is 0 Å². The second-order valence-corrected chi connectivity index (χ2v) is 5.27. The van der Waals surface area contributed by atoms with Gasteiger partial charge >= 0.3 is 11.8 Å². The predicted octanol–water partition coefficient (Wildman–Crippen LogP) is -0.260. The maximum atomic E-state index is 12.0. The molecule has 6 nitrogen and oxygen atoms in total. The van der Waals surface area contributed by atoms with Crippen LogP contribution in [0.3, 0.4) is 0 Å². The van der Waals surface area contributed by atoms with Crippen molar-refractivity contribution in [1.82, 2.24) is 15.5 Å². The quantitative estimate of drug-likeness (QED) is 0.691. The Hall–Kier alpha value is -1.14. The molecule has 6 heteroatoms. The van der Waals surface area contributed by atoms with Crippen LogP contribution in [0.15, 0.2) is 0 Å². The van der Waals surface area contributed by atoms with Crippen molar-refractivity contribution in [3.63, 3.8) is 0 Å². The lowest BCUT2D eigenvalue weighted by Gasteiger charge is -2.25. The molecule has 1 aliphatic rings. The van der Waals surface area contributed by atoms with E-state index in [9.17, 15) is 9.59 Å².